The summed E-state index contributed by atoms with van der Waals surface area (Å²) in [5.41, 5.74) is 0.128. The standard InChI is InChI=1S/C14H17NO5/c1-20-10-4-5-12(16)11(7-10)13(17)15-9-3-2-8(6-9)14(18)19/h4-5,7-9,16H,2-3,6H2,1H3,(H,15,17)(H,18,19). The molecular weight excluding hydrogens is 262 g/mol. The molecule has 0 spiro atoms. The van der Waals surface area contributed by atoms with E-state index in [2.05, 4.69) is 5.32 Å². The molecule has 2 atom stereocenters. The highest BCUT2D eigenvalue weighted by Crippen LogP contribution is 2.27. The lowest BCUT2D eigenvalue weighted by molar-refractivity contribution is -0.141. The molecule has 1 aromatic rings. The molecule has 6 nitrogen and oxygen atoms in total. The van der Waals surface area contributed by atoms with Crippen LogP contribution in [0.4, 0.5) is 0 Å². The number of phenolic OH excluding ortho intramolecular Hbond substituents is 1. The zero-order valence-electron chi connectivity index (χ0n) is 11.1. The maximum atomic E-state index is 12.1. The van der Waals surface area contributed by atoms with E-state index in [1.54, 1.807) is 6.07 Å². The summed E-state index contributed by atoms with van der Waals surface area (Å²) in [5, 5.41) is 21.4. The Labute approximate surface area is 116 Å². The van der Waals surface area contributed by atoms with E-state index in [1.807, 2.05) is 0 Å². The van der Waals surface area contributed by atoms with Crippen molar-refractivity contribution in [2.75, 3.05) is 7.11 Å². The highest BCUT2D eigenvalue weighted by atomic mass is 16.5. The average Bonchev–Trinajstić information content (AvgIpc) is 2.88. The van der Waals surface area contributed by atoms with Crippen molar-refractivity contribution in [1.82, 2.24) is 5.32 Å². The predicted molar refractivity (Wildman–Crippen MR) is 70.9 cm³/mol. The van der Waals surface area contributed by atoms with Crippen LogP contribution in [0.3, 0.4) is 0 Å². The lowest BCUT2D eigenvalue weighted by Gasteiger charge is -2.13. The van der Waals surface area contributed by atoms with Crippen LogP contribution in [0.5, 0.6) is 11.5 Å². The van der Waals surface area contributed by atoms with Gasteiger partial charge in [-0.3, -0.25) is 9.59 Å². The maximum Gasteiger partial charge on any atom is 0.306 e. The maximum absolute atomic E-state index is 12.1. The molecular formula is C14H17NO5. The number of aromatic hydroxyl groups is 1. The van der Waals surface area contributed by atoms with Gasteiger partial charge in [-0.15, -0.1) is 0 Å². The number of ether oxygens (including phenoxy) is 1. The second-order valence-electron chi connectivity index (χ2n) is 4.90. The minimum Gasteiger partial charge on any atom is -0.507 e. The third-order valence-corrected chi connectivity index (χ3v) is 3.57. The second kappa shape index (κ2) is 5.81. The number of aliphatic carboxylic acids is 1. The lowest BCUT2D eigenvalue weighted by Crippen LogP contribution is -2.33. The SMILES string of the molecule is COc1ccc(O)c(C(=O)NC2CCC(C(=O)O)C2)c1. The number of carboxylic acid groups (broad SMARTS) is 1. The first kappa shape index (κ1) is 14.2. The Morgan fingerprint density at radius 3 is 2.70 bits per heavy atom. The Balaban J connectivity index is 2.04. The Kier molecular flexibility index (Phi) is 4.12. The van der Waals surface area contributed by atoms with Gasteiger partial charge in [-0.05, 0) is 37.5 Å². The van der Waals surface area contributed by atoms with Gasteiger partial charge < -0.3 is 20.3 Å². The van der Waals surface area contributed by atoms with Crippen LogP contribution in [-0.2, 0) is 4.79 Å². The molecule has 1 saturated carbocycles. The van der Waals surface area contributed by atoms with E-state index >= 15 is 0 Å². The topological polar surface area (TPSA) is 95.9 Å². The number of phenols is 1. The number of nitrogens with one attached hydrogen (secondary N) is 1. The molecule has 2 rings (SSSR count). The summed E-state index contributed by atoms with van der Waals surface area (Å²) < 4.78 is 5.01. The molecule has 20 heavy (non-hydrogen) atoms. The fourth-order valence-electron chi connectivity index (χ4n) is 2.42. The summed E-state index contributed by atoms with van der Waals surface area (Å²) in [6.07, 6.45) is 1.61. The molecule has 3 N–H and O–H groups in total. The van der Waals surface area contributed by atoms with E-state index < -0.39 is 17.8 Å². The van der Waals surface area contributed by atoms with E-state index in [-0.39, 0.29) is 17.4 Å². The summed E-state index contributed by atoms with van der Waals surface area (Å²) in [6.45, 7) is 0. The molecule has 6 heteroatoms. The first-order chi connectivity index (χ1) is 9.51. The summed E-state index contributed by atoms with van der Waals surface area (Å²) in [6, 6.07) is 4.23. The van der Waals surface area contributed by atoms with Gasteiger partial charge in [-0.2, -0.15) is 0 Å². The quantitative estimate of drug-likeness (QED) is 0.774. The van der Waals surface area contributed by atoms with Crippen LogP contribution in [0.15, 0.2) is 18.2 Å². The molecule has 0 aromatic heterocycles. The highest BCUT2D eigenvalue weighted by Gasteiger charge is 2.31. The fraction of sp³-hybridized carbons (Fsp3) is 0.429. The molecule has 0 radical (unpaired) electrons. The molecule has 0 heterocycles. The third kappa shape index (κ3) is 3.01. The molecule has 0 aliphatic heterocycles. The van der Waals surface area contributed by atoms with Crippen LogP contribution in [0.2, 0.25) is 0 Å². The van der Waals surface area contributed by atoms with Gasteiger partial charge >= 0.3 is 5.97 Å². The van der Waals surface area contributed by atoms with Crippen LogP contribution in [0.1, 0.15) is 29.6 Å². The second-order valence-corrected chi connectivity index (χ2v) is 4.90. The van der Waals surface area contributed by atoms with E-state index in [0.717, 1.165) is 0 Å². The van der Waals surface area contributed by atoms with Gasteiger partial charge in [0.1, 0.15) is 11.5 Å². The van der Waals surface area contributed by atoms with E-state index in [4.69, 9.17) is 9.84 Å². The van der Waals surface area contributed by atoms with Crippen molar-refractivity contribution in [1.29, 1.82) is 0 Å². The molecule has 1 aliphatic rings. The summed E-state index contributed by atoms with van der Waals surface area (Å²) in [5.74, 6) is -1.30. The third-order valence-electron chi connectivity index (χ3n) is 3.57. The minimum absolute atomic E-state index is 0.128. The monoisotopic (exact) mass is 279 g/mol. The van der Waals surface area contributed by atoms with Crippen molar-refractivity contribution < 1.29 is 24.5 Å². The van der Waals surface area contributed by atoms with Crippen molar-refractivity contribution in [3.8, 4) is 11.5 Å². The lowest BCUT2D eigenvalue weighted by atomic mass is 10.1. The van der Waals surface area contributed by atoms with E-state index in [9.17, 15) is 14.7 Å². The average molecular weight is 279 g/mol. The van der Waals surface area contributed by atoms with E-state index in [0.29, 0.717) is 25.0 Å². The Hall–Kier alpha value is -2.24. The summed E-state index contributed by atoms with van der Waals surface area (Å²) in [7, 11) is 1.47. The largest absolute Gasteiger partial charge is 0.507 e. The Morgan fingerprint density at radius 2 is 2.10 bits per heavy atom. The summed E-state index contributed by atoms with van der Waals surface area (Å²) >= 11 is 0. The van der Waals surface area contributed by atoms with Crippen LogP contribution >= 0.6 is 0 Å². The van der Waals surface area contributed by atoms with Crippen molar-refractivity contribution in [3.63, 3.8) is 0 Å². The van der Waals surface area contributed by atoms with Crippen LogP contribution in [0, 0.1) is 5.92 Å². The number of benzene rings is 1. The highest BCUT2D eigenvalue weighted by molar-refractivity contribution is 5.97. The first-order valence-corrected chi connectivity index (χ1v) is 6.42. The van der Waals surface area contributed by atoms with Crippen LogP contribution in [0.25, 0.3) is 0 Å². The first-order valence-electron chi connectivity index (χ1n) is 6.42. The molecule has 1 aliphatic carbocycles. The number of carboxylic acids is 1. The normalized spacial score (nSPS) is 21.4. The predicted octanol–water partition coefficient (Wildman–Crippen LogP) is 1.38. The summed E-state index contributed by atoms with van der Waals surface area (Å²) in [4.78, 5) is 23.0. The van der Waals surface area contributed by atoms with Crippen molar-refractivity contribution >= 4 is 11.9 Å². The molecule has 1 aromatic carbocycles. The van der Waals surface area contributed by atoms with Crippen LogP contribution in [-0.4, -0.2) is 35.2 Å². The van der Waals surface area contributed by atoms with Gasteiger partial charge in [0, 0.05) is 6.04 Å². The Bertz CT molecular complexity index is 528. The molecule has 2 unspecified atom stereocenters. The van der Waals surface area contributed by atoms with Gasteiger partial charge in [0.2, 0.25) is 0 Å². The van der Waals surface area contributed by atoms with Gasteiger partial charge in [0.05, 0.1) is 18.6 Å². The van der Waals surface area contributed by atoms with Crippen molar-refractivity contribution in [3.05, 3.63) is 23.8 Å². The van der Waals surface area contributed by atoms with Crippen molar-refractivity contribution in [2.24, 2.45) is 5.92 Å². The number of rotatable bonds is 4. The zero-order chi connectivity index (χ0) is 14.7. The molecule has 108 valence electrons. The minimum atomic E-state index is -0.828. The molecule has 0 bridgehead atoms. The number of methoxy groups -OCH3 is 1. The van der Waals surface area contributed by atoms with Gasteiger partial charge in [-0.1, -0.05) is 0 Å². The smallest absolute Gasteiger partial charge is 0.306 e. The molecule has 0 saturated heterocycles. The molecule has 1 fully saturated rings. The van der Waals surface area contributed by atoms with Gasteiger partial charge in [0.25, 0.3) is 5.91 Å². The number of hydrogen-bond donors (Lipinski definition) is 3. The Morgan fingerprint density at radius 1 is 1.35 bits per heavy atom. The number of carbonyl (C=O) groups excluding carboxylic acids is 1. The number of hydrogen-bond acceptors (Lipinski definition) is 4. The van der Waals surface area contributed by atoms with Gasteiger partial charge in [-0.25, -0.2) is 0 Å². The van der Waals surface area contributed by atoms with E-state index in [1.165, 1.54) is 19.2 Å². The zero-order valence-corrected chi connectivity index (χ0v) is 11.1. The van der Waals surface area contributed by atoms with Gasteiger partial charge in [0.15, 0.2) is 0 Å². The number of carbonyl (C=O) groups is 2. The number of amides is 1. The molecule has 1 amide bonds. The van der Waals surface area contributed by atoms with Crippen LogP contribution < -0.4 is 10.1 Å². The fourth-order valence-corrected chi connectivity index (χ4v) is 2.42. The van der Waals surface area contributed by atoms with Crippen molar-refractivity contribution in [2.45, 2.75) is 25.3 Å².